The number of aromatic amines is 2. The molecule has 0 radical (unpaired) electrons. The fourth-order valence-corrected chi connectivity index (χ4v) is 6.79. The largest absolute Gasteiger partial charge is 0.458 e. The second-order valence-electron chi connectivity index (χ2n) is 15.7. The average molecular weight is 743 g/mol. The molecule has 0 spiro atoms. The third-order valence-electron chi connectivity index (χ3n) is 10.0. The number of esters is 1. The second-order valence-corrected chi connectivity index (χ2v) is 15.7. The highest BCUT2D eigenvalue weighted by Gasteiger charge is 2.37. The van der Waals surface area contributed by atoms with Gasteiger partial charge in [0, 0.05) is 68.1 Å². The van der Waals surface area contributed by atoms with Crippen LogP contribution in [0.1, 0.15) is 82.6 Å². The molecule has 2 aromatic carbocycles. The average Bonchev–Trinajstić information content (AvgIpc) is 3.91. The van der Waals surface area contributed by atoms with Gasteiger partial charge in [-0.2, -0.15) is 0 Å². The zero-order valence-electron chi connectivity index (χ0n) is 32.0. The van der Waals surface area contributed by atoms with Crippen LogP contribution in [0.5, 0.6) is 11.5 Å². The number of H-pyrrole nitrogens is 2. The van der Waals surface area contributed by atoms with Crippen LogP contribution in [0.15, 0.2) is 54.9 Å². The number of benzene rings is 2. The number of carbonyl (C=O) groups is 3. The maximum absolute atomic E-state index is 13.9. The maximum Gasteiger partial charge on any atom is 0.329 e. The molecule has 0 bridgehead atoms. The summed E-state index contributed by atoms with van der Waals surface area (Å²) in [5.41, 5.74) is 7.61. The molecule has 4 heterocycles. The number of carbonyl (C=O) groups excluding carboxylic acids is 3. The van der Waals surface area contributed by atoms with Crippen molar-refractivity contribution in [2.24, 2.45) is 5.73 Å². The normalized spacial score (nSPS) is 15.9. The number of fused-ring (bicyclic) bond motifs is 2. The van der Waals surface area contributed by atoms with Gasteiger partial charge < -0.3 is 45.4 Å². The molecule has 0 saturated carbocycles. The Kier molecular flexibility index (Phi) is 11.8. The summed E-state index contributed by atoms with van der Waals surface area (Å²) in [6.07, 6.45) is 5.85. The van der Waals surface area contributed by atoms with Crippen LogP contribution < -0.4 is 25.8 Å². The number of piperazine rings is 1. The van der Waals surface area contributed by atoms with Gasteiger partial charge in [-0.15, -0.1) is 0 Å². The summed E-state index contributed by atoms with van der Waals surface area (Å²) in [6.45, 7) is 13.0. The van der Waals surface area contributed by atoms with Crippen LogP contribution >= 0.6 is 0 Å². The molecular formula is C40H54N8O6. The molecule has 2 aliphatic rings. The third kappa shape index (κ3) is 9.34. The highest BCUT2D eigenvalue weighted by atomic mass is 16.7. The highest BCUT2D eigenvalue weighted by Crippen LogP contribution is 2.33. The summed E-state index contributed by atoms with van der Waals surface area (Å²) in [7, 11) is 0. The van der Waals surface area contributed by atoms with E-state index in [1.807, 2.05) is 47.5 Å². The molecule has 290 valence electrons. The zero-order chi connectivity index (χ0) is 38.5. The Morgan fingerprint density at radius 1 is 0.981 bits per heavy atom. The van der Waals surface area contributed by atoms with Crippen molar-refractivity contribution in [2.45, 2.75) is 89.9 Å². The maximum atomic E-state index is 13.9. The summed E-state index contributed by atoms with van der Waals surface area (Å²) in [5, 5.41) is 7.25. The van der Waals surface area contributed by atoms with E-state index in [1.165, 1.54) is 0 Å². The number of urea groups is 1. The van der Waals surface area contributed by atoms with Gasteiger partial charge in [0.2, 0.25) is 12.7 Å². The van der Waals surface area contributed by atoms with E-state index in [0.717, 1.165) is 59.6 Å². The van der Waals surface area contributed by atoms with Gasteiger partial charge in [0.25, 0.3) is 0 Å². The van der Waals surface area contributed by atoms with Gasteiger partial charge in [-0.25, -0.2) is 14.6 Å². The molecule has 3 amide bonds. The van der Waals surface area contributed by atoms with E-state index in [9.17, 15) is 14.4 Å². The van der Waals surface area contributed by atoms with Gasteiger partial charge in [-0.05, 0) is 89.8 Å². The van der Waals surface area contributed by atoms with Crippen molar-refractivity contribution in [1.82, 2.24) is 35.4 Å². The highest BCUT2D eigenvalue weighted by molar-refractivity contribution is 5.91. The summed E-state index contributed by atoms with van der Waals surface area (Å²) in [6, 6.07) is 12.5. The Bertz CT molecular complexity index is 1920. The Morgan fingerprint density at radius 3 is 2.50 bits per heavy atom. The first-order valence-electron chi connectivity index (χ1n) is 18.8. The van der Waals surface area contributed by atoms with E-state index in [1.54, 1.807) is 40.8 Å². The number of rotatable bonds is 14. The number of aromatic nitrogens is 3. The minimum atomic E-state index is -1.09. The van der Waals surface area contributed by atoms with Crippen molar-refractivity contribution in [3.05, 3.63) is 77.5 Å². The van der Waals surface area contributed by atoms with Crippen LogP contribution in [0.4, 0.5) is 4.79 Å². The van der Waals surface area contributed by atoms with Crippen molar-refractivity contribution in [3.8, 4) is 11.5 Å². The molecule has 6 N–H and O–H groups in total. The van der Waals surface area contributed by atoms with Gasteiger partial charge in [-0.1, -0.05) is 24.3 Å². The van der Waals surface area contributed by atoms with Crippen LogP contribution in [0.3, 0.4) is 0 Å². The smallest absolute Gasteiger partial charge is 0.329 e. The van der Waals surface area contributed by atoms with Crippen molar-refractivity contribution >= 4 is 28.8 Å². The van der Waals surface area contributed by atoms with E-state index < -0.39 is 29.1 Å². The monoisotopic (exact) mass is 742 g/mol. The number of nitrogens with zero attached hydrogens (tertiary/aromatic N) is 3. The number of imidazole rings is 1. The lowest BCUT2D eigenvalue weighted by Crippen LogP contribution is -2.52. The van der Waals surface area contributed by atoms with E-state index in [4.69, 9.17) is 24.9 Å². The first kappa shape index (κ1) is 38.6. The quantitative estimate of drug-likeness (QED) is 0.0907. The van der Waals surface area contributed by atoms with Crippen LogP contribution in [-0.4, -0.2) is 93.8 Å². The molecule has 1 saturated heterocycles. The summed E-state index contributed by atoms with van der Waals surface area (Å²) in [5.74, 6) is 1.22. The van der Waals surface area contributed by atoms with Crippen LogP contribution in [0.25, 0.3) is 10.9 Å². The summed E-state index contributed by atoms with van der Waals surface area (Å²) < 4.78 is 16.6. The molecule has 54 heavy (non-hydrogen) atoms. The fraction of sp³-hybridized carbons (Fsp3) is 0.500. The minimum absolute atomic E-state index is 0.185. The van der Waals surface area contributed by atoms with Crippen molar-refractivity contribution < 1.29 is 28.6 Å². The predicted octanol–water partition coefficient (Wildman–Crippen LogP) is 4.66. The lowest BCUT2D eigenvalue weighted by molar-refractivity contribution is -0.159. The second kappa shape index (κ2) is 16.5. The Hall–Kier alpha value is -5.08. The Labute approximate surface area is 316 Å². The first-order chi connectivity index (χ1) is 25.8. The van der Waals surface area contributed by atoms with E-state index in [2.05, 4.69) is 31.6 Å². The van der Waals surface area contributed by atoms with E-state index in [-0.39, 0.29) is 18.7 Å². The number of nitrogens with two attached hydrogens (primary N) is 1. The number of hydrogen-bond donors (Lipinski definition) is 5. The molecule has 4 aromatic rings. The van der Waals surface area contributed by atoms with Crippen molar-refractivity contribution in [1.29, 1.82) is 0 Å². The first-order valence-corrected chi connectivity index (χ1v) is 18.8. The molecule has 14 heteroatoms. The topological polar surface area (TPSA) is 180 Å². The van der Waals surface area contributed by atoms with Crippen molar-refractivity contribution in [3.63, 3.8) is 0 Å². The molecule has 2 aliphatic heterocycles. The molecule has 2 aromatic heterocycles. The number of amides is 3. The van der Waals surface area contributed by atoms with Gasteiger partial charge in [-0.3, -0.25) is 9.69 Å². The molecule has 0 unspecified atom stereocenters. The minimum Gasteiger partial charge on any atom is -0.458 e. The molecule has 14 nitrogen and oxygen atoms in total. The number of ether oxygens (including phenoxy) is 3. The van der Waals surface area contributed by atoms with Crippen LogP contribution in [-0.2, 0) is 32.7 Å². The standard InChI is InChI=1S/C40H54N8O6/c1-39(2,3)54-36(49)30(12-8-9-15-41)44-37(50)40(4,5)34-23-43-35(46-34)31(21-27-22-42-29-11-7-6-10-28(27)29)45-38(51)48-18-16-47(17-19-48)24-26-13-14-32-33(20-26)53-25-52-32/h6-7,10-11,13-14,20,22-23,30-31,42H,8-9,12,15-19,21,24-25,41H2,1-5H3,(H,43,46)(H,44,50)(H,45,51)/t30-,31-/m1/s1. The zero-order valence-corrected chi connectivity index (χ0v) is 32.0. The number of para-hydroxylation sites is 1. The van der Waals surface area contributed by atoms with Crippen molar-refractivity contribution in [2.75, 3.05) is 39.5 Å². The molecule has 0 aliphatic carbocycles. The lowest BCUT2D eigenvalue weighted by atomic mass is 9.88. The SMILES string of the molecule is CC(C)(C)OC(=O)[C@@H](CCCCN)NC(=O)C(C)(C)c1cnc([C@@H](Cc2c[nH]c3ccccc23)NC(=O)N2CCN(Cc3ccc4c(c3)OCO4)CC2)[nH]1. The van der Waals surface area contributed by atoms with Crippen LogP contribution in [0, 0.1) is 0 Å². The van der Waals surface area contributed by atoms with Gasteiger partial charge in [0.1, 0.15) is 17.5 Å². The molecule has 1 fully saturated rings. The molecule has 2 atom stereocenters. The molecule has 6 rings (SSSR count). The van der Waals surface area contributed by atoms with E-state index >= 15 is 0 Å². The molecular weight excluding hydrogens is 688 g/mol. The van der Waals surface area contributed by atoms with Gasteiger partial charge in [0.15, 0.2) is 11.5 Å². The van der Waals surface area contributed by atoms with Gasteiger partial charge >= 0.3 is 12.0 Å². The Balaban J connectivity index is 1.15. The lowest BCUT2D eigenvalue weighted by Gasteiger charge is -2.35. The number of hydrogen-bond acceptors (Lipinski definition) is 9. The third-order valence-corrected chi connectivity index (χ3v) is 10.0. The number of unbranched alkanes of at least 4 members (excludes halogenated alkanes) is 1. The Morgan fingerprint density at radius 2 is 1.74 bits per heavy atom. The predicted molar refractivity (Wildman–Crippen MR) is 205 cm³/mol. The van der Waals surface area contributed by atoms with Gasteiger partial charge in [0.05, 0.1) is 11.5 Å². The fourth-order valence-electron chi connectivity index (χ4n) is 6.79. The summed E-state index contributed by atoms with van der Waals surface area (Å²) in [4.78, 5) is 56.4. The summed E-state index contributed by atoms with van der Waals surface area (Å²) >= 11 is 0. The van der Waals surface area contributed by atoms with Crippen LogP contribution in [0.2, 0.25) is 0 Å². The van der Waals surface area contributed by atoms with E-state index in [0.29, 0.717) is 50.4 Å². The number of nitrogens with one attached hydrogen (secondary N) is 4.